The molecule has 0 saturated carbocycles. The Morgan fingerprint density at radius 1 is 0.269 bits per heavy atom. The fraction of sp³-hybridized carbons (Fsp3) is 0.831. The van der Waals surface area contributed by atoms with Crippen molar-refractivity contribution < 1.29 is 92.3 Å². The monoisotopic (exact) mass is 1690 g/mol. The lowest BCUT2D eigenvalue weighted by atomic mass is 9.92. The summed E-state index contributed by atoms with van der Waals surface area (Å²) in [5.74, 6) is -4.99. The second-order valence-corrected chi connectivity index (χ2v) is 33.7. The number of hydrogen-bond acceptors (Lipinski definition) is 20. The Labute approximate surface area is 712 Å². The maximum absolute atomic E-state index is 12.4. The molecule has 0 aromatic rings. The average Bonchev–Trinajstić information content (AvgIpc) is 0.895. The minimum absolute atomic E-state index is 0.0413. The van der Waals surface area contributed by atoms with Gasteiger partial charge in [-0.3, -0.25) is 62.3 Å². The van der Waals surface area contributed by atoms with E-state index in [0.29, 0.717) is 155 Å². The molecule has 119 heavy (non-hydrogen) atoms. The van der Waals surface area contributed by atoms with Gasteiger partial charge in [0.25, 0.3) is 0 Å². The molecule has 0 radical (unpaired) electrons. The van der Waals surface area contributed by atoms with Crippen LogP contribution in [0.2, 0.25) is 0 Å². The second kappa shape index (κ2) is 76.9. The predicted octanol–water partition coefficient (Wildman–Crippen LogP) is 12.0. The summed E-state index contributed by atoms with van der Waals surface area (Å²) in [6, 6.07) is -5.22. The Bertz CT molecular complexity index is 2650. The van der Waals surface area contributed by atoms with Crippen LogP contribution in [0.5, 0.6) is 0 Å². The first-order valence-corrected chi connectivity index (χ1v) is 45.3. The number of carbonyl (C=O) groups excluding carboxylic acids is 11. The molecule has 0 aromatic carbocycles. The molecule has 0 fully saturated rings. The highest BCUT2D eigenvalue weighted by Crippen LogP contribution is 2.19. The lowest BCUT2D eigenvalue weighted by Crippen LogP contribution is -2.42. The van der Waals surface area contributed by atoms with Gasteiger partial charge >= 0.3 is 23.9 Å². The lowest BCUT2D eigenvalue weighted by molar-refractivity contribution is -0.142. The molecule has 8 atom stereocenters. The van der Waals surface area contributed by atoms with E-state index in [9.17, 15) is 82.1 Å². The number of unbranched alkanes of at least 4 members (excludes halogenated alkanes) is 30. The van der Waals surface area contributed by atoms with E-state index in [4.69, 9.17) is 38.9 Å². The molecule has 690 valence electrons. The maximum atomic E-state index is 12.4. The largest absolute Gasteiger partial charge is 0.481 e. The Kier molecular flexibility index (Phi) is 75.0. The molecule has 0 spiro atoms. The van der Waals surface area contributed by atoms with E-state index in [0.717, 1.165) is 128 Å². The van der Waals surface area contributed by atoms with Gasteiger partial charge in [0.2, 0.25) is 35.4 Å². The zero-order chi connectivity index (χ0) is 90.0. The number of carboxylic acid groups (broad SMARTS) is 4. The summed E-state index contributed by atoms with van der Waals surface area (Å²) in [6.45, 7) is 14.2. The van der Waals surface area contributed by atoms with Gasteiger partial charge in [-0.15, -0.1) is 0 Å². The van der Waals surface area contributed by atoms with Crippen LogP contribution in [0.3, 0.4) is 0 Å². The van der Waals surface area contributed by atoms with Crippen molar-refractivity contribution in [3.05, 3.63) is 0 Å². The van der Waals surface area contributed by atoms with Crippen molar-refractivity contribution in [2.75, 3.05) is 26.2 Å². The van der Waals surface area contributed by atoms with Crippen molar-refractivity contribution in [1.29, 1.82) is 0 Å². The van der Waals surface area contributed by atoms with Crippen molar-refractivity contribution in [3.8, 4) is 0 Å². The SMILES string of the molecule is CC(=O)C(C)(C)C.CC(=O)[C@@H](C)CCCCNC(=O)[C@@H](N)CCCCNC(=O)[C@@H](N)CCCCCC(=O)CC[C@H](NC(=O)CCCCCCCCCCCCCCC(=O)O)C(=O)O.CC(=O)[C@@H](N)CCCCNC(=O)[C@@H](N)CCCCNC(=O)[C@@H](N)CCCCCC(=O)CC[C@H](NC(=O)CCCCCCCCCCCCCCC(=O)O)C(=O)O. The number of carboxylic acids is 4. The molecular weight excluding hydrogens is 1530 g/mol. The van der Waals surface area contributed by atoms with E-state index in [1.165, 1.54) is 45.4 Å². The minimum Gasteiger partial charge on any atom is -0.481 e. The maximum Gasteiger partial charge on any atom is 0.326 e. The zero-order valence-electron chi connectivity index (χ0n) is 74.4. The normalized spacial score (nSPS) is 13.2. The summed E-state index contributed by atoms with van der Waals surface area (Å²) in [4.78, 5) is 176. The van der Waals surface area contributed by atoms with E-state index < -0.39 is 66.2 Å². The van der Waals surface area contributed by atoms with Gasteiger partial charge in [0, 0.05) is 88.9 Å². The summed E-state index contributed by atoms with van der Waals surface area (Å²) in [5, 5.41) is 52.8. The topological polar surface area (TPSA) is 539 Å². The van der Waals surface area contributed by atoms with Gasteiger partial charge in [0.1, 0.15) is 41.0 Å². The minimum atomic E-state index is -1.15. The third-order valence-electron chi connectivity index (χ3n) is 21.4. The van der Waals surface area contributed by atoms with E-state index in [1.807, 2.05) is 27.7 Å². The highest BCUT2D eigenvalue weighted by molar-refractivity contribution is 5.87. The molecule has 0 rings (SSSR count). The van der Waals surface area contributed by atoms with E-state index in [1.54, 1.807) is 13.8 Å². The molecule has 0 aliphatic rings. The number of amides is 6. The molecule has 0 unspecified atom stereocenters. The summed E-state index contributed by atoms with van der Waals surface area (Å²) in [7, 11) is 0. The van der Waals surface area contributed by atoms with Crippen LogP contribution in [0.4, 0.5) is 0 Å². The van der Waals surface area contributed by atoms with Crippen molar-refractivity contribution in [2.45, 2.75) is 437 Å². The number of carbonyl (C=O) groups is 15. The quantitative estimate of drug-likeness (QED) is 0.0251. The number of ketones is 5. The van der Waals surface area contributed by atoms with Gasteiger partial charge in [-0.05, 0) is 156 Å². The molecule has 0 saturated heterocycles. The number of nitrogens with two attached hydrogens (primary N) is 5. The molecule has 20 N–H and O–H groups in total. The number of rotatable bonds is 78. The van der Waals surface area contributed by atoms with Gasteiger partial charge in [-0.1, -0.05) is 188 Å². The van der Waals surface area contributed by atoms with Crippen LogP contribution in [0.15, 0.2) is 0 Å². The van der Waals surface area contributed by atoms with Crippen molar-refractivity contribution >= 4 is 88.2 Å². The third kappa shape index (κ3) is 76.7. The van der Waals surface area contributed by atoms with Crippen molar-refractivity contribution in [2.24, 2.45) is 40.0 Å². The number of Topliss-reactive ketones (excluding diaryl/α,β-unsaturated/α-hetero) is 5. The molecule has 6 amide bonds. The number of hydrogen-bond donors (Lipinski definition) is 15. The van der Waals surface area contributed by atoms with Crippen molar-refractivity contribution in [1.82, 2.24) is 31.9 Å². The zero-order valence-corrected chi connectivity index (χ0v) is 74.4. The first kappa shape index (κ1) is 116. The highest BCUT2D eigenvalue weighted by Gasteiger charge is 2.24. The first-order chi connectivity index (χ1) is 56.4. The summed E-state index contributed by atoms with van der Waals surface area (Å²) in [5.41, 5.74) is 29.6. The molecule has 0 aliphatic carbocycles. The summed E-state index contributed by atoms with van der Waals surface area (Å²) >= 11 is 0. The third-order valence-corrected chi connectivity index (χ3v) is 21.4. The summed E-state index contributed by atoms with van der Waals surface area (Å²) in [6.07, 6.45) is 39.8. The van der Waals surface area contributed by atoms with Gasteiger partial charge in [-0.2, -0.15) is 0 Å². The molecule has 30 nitrogen and oxygen atoms in total. The van der Waals surface area contributed by atoms with Crippen LogP contribution in [-0.2, 0) is 71.9 Å². The van der Waals surface area contributed by atoms with Crippen LogP contribution in [0.25, 0.3) is 0 Å². The Morgan fingerprint density at radius 3 is 0.723 bits per heavy atom. The highest BCUT2D eigenvalue weighted by atomic mass is 16.4. The van der Waals surface area contributed by atoms with Gasteiger partial charge < -0.3 is 81.0 Å². The predicted molar refractivity (Wildman–Crippen MR) is 466 cm³/mol. The van der Waals surface area contributed by atoms with Gasteiger partial charge in [0.05, 0.1) is 30.2 Å². The molecule has 0 aliphatic heterocycles. The van der Waals surface area contributed by atoms with E-state index in [2.05, 4.69) is 31.9 Å². The Hall–Kier alpha value is -7.15. The van der Waals surface area contributed by atoms with Gasteiger partial charge in [-0.25, -0.2) is 9.59 Å². The lowest BCUT2D eigenvalue weighted by Gasteiger charge is -2.14. The van der Waals surface area contributed by atoms with E-state index >= 15 is 0 Å². The molecule has 30 heteroatoms. The van der Waals surface area contributed by atoms with Crippen LogP contribution in [0.1, 0.15) is 395 Å². The van der Waals surface area contributed by atoms with Crippen LogP contribution in [0, 0.1) is 11.3 Å². The summed E-state index contributed by atoms with van der Waals surface area (Å²) < 4.78 is 0. The molecule has 0 bridgehead atoms. The van der Waals surface area contributed by atoms with Crippen molar-refractivity contribution in [3.63, 3.8) is 0 Å². The fourth-order valence-electron chi connectivity index (χ4n) is 12.6. The fourth-order valence-corrected chi connectivity index (χ4v) is 12.6. The van der Waals surface area contributed by atoms with Gasteiger partial charge in [0.15, 0.2) is 0 Å². The molecule has 0 heterocycles. The van der Waals surface area contributed by atoms with Crippen LogP contribution in [-0.4, -0.2) is 177 Å². The average molecular weight is 1690 g/mol. The first-order valence-electron chi connectivity index (χ1n) is 45.3. The molecular formula is C89H165N11O19. The smallest absolute Gasteiger partial charge is 0.326 e. The number of nitrogens with one attached hydrogen (secondary N) is 6. The van der Waals surface area contributed by atoms with Crippen LogP contribution >= 0.6 is 0 Å². The molecule has 0 aromatic heterocycles. The Morgan fingerprint density at radius 2 is 0.487 bits per heavy atom. The standard InChI is InChI=1S/C42H77N5O9.C41H76N6O9.C6H12O/c1-32(33(2)48)22-18-20-30-45-41(54)36(44)25-19-21-31-46-40(53)35(43)24-15-13-14-23-34(49)28-29-37(42(55)56)47-38(50)26-16-11-9-7-5-3-4-6-8-10-12-17-27-39(51)52;1-31(48)33(42)22-17-19-29-45-40(54)35(44)24-18-20-30-46-39(53)34(43)23-14-12-13-21-32(49)27-28-36(41(55)56)47-37(50)25-15-10-8-6-4-2-3-5-7-9-11-16-26-38(51)52;1-5(7)6(2,3)4/h32,35-37H,3-31,43-44H2,1-2H3,(H,45,54)(H,46,53)(H,47,50)(H,51,52)(H,55,56);33-36H,2-30,42-44H2,1H3,(H,45,54)(H,46,53)(H,47,50)(H,51,52)(H,55,56);1-4H3/t32-,35-,36-,37-;33-,34-,35-,36-;/m00./s1. The van der Waals surface area contributed by atoms with Crippen LogP contribution < -0.4 is 60.6 Å². The Balaban J connectivity index is -0.00000209. The van der Waals surface area contributed by atoms with E-state index in [-0.39, 0.29) is 127 Å². The second-order valence-electron chi connectivity index (χ2n) is 33.7. The number of aliphatic carboxylic acids is 4.